The van der Waals surface area contributed by atoms with Crippen LogP contribution in [0.3, 0.4) is 0 Å². The molecule has 2 N–H and O–H groups in total. The van der Waals surface area contributed by atoms with E-state index in [1.165, 1.54) is 0 Å². The summed E-state index contributed by atoms with van der Waals surface area (Å²) < 4.78 is 5.38. The van der Waals surface area contributed by atoms with Crippen molar-refractivity contribution in [2.24, 2.45) is 0 Å². The van der Waals surface area contributed by atoms with Gasteiger partial charge in [0.25, 0.3) is 0 Å². The molecule has 0 heterocycles. The van der Waals surface area contributed by atoms with Crippen LogP contribution in [-0.4, -0.2) is 33.2 Å². The highest BCUT2D eigenvalue weighted by molar-refractivity contribution is 5.93. The maximum Gasteiger partial charge on any atom is 0.243 e. The molecule has 2 aromatic rings. The molecule has 0 saturated carbocycles. The van der Waals surface area contributed by atoms with Crippen molar-refractivity contribution >= 4 is 23.0 Å². The van der Waals surface area contributed by atoms with E-state index in [0.29, 0.717) is 6.61 Å². The van der Waals surface area contributed by atoms with Crippen LogP contribution in [0.25, 0.3) is 0 Å². The van der Waals surface area contributed by atoms with E-state index >= 15 is 0 Å². The highest BCUT2D eigenvalue weighted by Crippen LogP contribution is 2.17. The van der Waals surface area contributed by atoms with E-state index in [2.05, 4.69) is 10.6 Å². The van der Waals surface area contributed by atoms with E-state index in [4.69, 9.17) is 4.74 Å². The van der Waals surface area contributed by atoms with Crippen molar-refractivity contribution in [1.29, 1.82) is 0 Å². The molecular weight excluding hydrogens is 290 g/mol. The second-order valence-electron chi connectivity index (χ2n) is 5.30. The number of anilines is 3. The van der Waals surface area contributed by atoms with Crippen molar-refractivity contribution in [3.8, 4) is 5.75 Å². The van der Waals surface area contributed by atoms with Crippen LogP contribution in [0, 0.1) is 0 Å². The third-order valence-corrected chi connectivity index (χ3v) is 3.29. The summed E-state index contributed by atoms with van der Waals surface area (Å²) in [6.07, 6.45) is 0. The van der Waals surface area contributed by atoms with E-state index in [0.717, 1.165) is 22.8 Å². The molecular formula is C18H23N3O2. The minimum atomic E-state index is -0.0866. The first-order valence-corrected chi connectivity index (χ1v) is 7.62. The molecule has 122 valence electrons. The van der Waals surface area contributed by atoms with Gasteiger partial charge in [-0.3, -0.25) is 4.79 Å². The normalized spacial score (nSPS) is 10.0. The summed E-state index contributed by atoms with van der Waals surface area (Å²) in [6.45, 7) is 2.80. The predicted molar refractivity (Wildman–Crippen MR) is 95.5 cm³/mol. The summed E-state index contributed by atoms with van der Waals surface area (Å²) in [6, 6.07) is 15.3. The lowest BCUT2D eigenvalue weighted by atomic mass is 10.2. The molecule has 0 spiro atoms. The lowest BCUT2D eigenvalue weighted by Crippen LogP contribution is -2.21. The minimum Gasteiger partial charge on any atom is -0.494 e. The van der Waals surface area contributed by atoms with Gasteiger partial charge in [-0.1, -0.05) is 0 Å². The quantitative estimate of drug-likeness (QED) is 0.824. The molecule has 2 aromatic carbocycles. The molecule has 5 nitrogen and oxygen atoms in total. The van der Waals surface area contributed by atoms with Crippen molar-refractivity contribution in [2.45, 2.75) is 6.92 Å². The van der Waals surface area contributed by atoms with Crippen LogP contribution >= 0.6 is 0 Å². The number of nitrogens with zero attached hydrogens (tertiary/aromatic N) is 1. The molecule has 23 heavy (non-hydrogen) atoms. The summed E-state index contributed by atoms with van der Waals surface area (Å²) in [4.78, 5) is 14.0. The zero-order valence-corrected chi connectivity index (χ0v) is 13.8. The maximum atomic E-state index is 12.0. The molecule has 0 aliphatic heterocycles. The van der Waals surface area contributed by atoms with Crippen molar-refractivity contribution in [2.75, 3.05) is 42.8 Å². The van der Waals surface area contributed by atoms with Crippen molar-refractivity contribution in [3.63, 3.8) is 0 Å². The fourth-order valence-corrected chi connectivity index (χ4v) is 2.07. The number of benzene rings is 2. The maximum absolute atomic E-state index is 12.0. The zero-order valence-electron chi connectivity index (χ0n) is 13.8. The highest BCUT2D eigenvalue weighted by atomic mass is 16.5. The van der Waals surface area contributed by atoms with E-state index in [1.54, 1.807) is 0 Å². The third kappa shape index (κ3) is 5.21. The Morgan fingerprint density at radius 1 is 1.00 bits per heavy atom. The molecule has 1 amide bonds. The van der Waals surface area contributed by atoms with Crippen LogP contribution in [0.15, 0.2) is 48.5 Å². The lowest BCUT2D eigenvalue weighted by Gasteiger charge is -2.13. The van der Waals surface area contributed by atoms with Crippen LogP contribution in [0.4, 0.5) is 17.1 Å². The average Bonchev–Trinajstić information content (AvgIpc) is 2.55. The summed E-state index contributed by atoms with van der Waals surface area (Å²) in [5.74, 6) is 0.736. The summed E-state index contributed by atoms with van der Waals surface area (Å²) in [5.41, 5.74) is 2.76. The first-order valence-electron chi connectivity index (χ1n) is 7.62. The molecule has 0 unspecified atom stereocenters. The van der Waals surface area contributed by atoms with Crippen LogP contribution in [0.2, 0.25) is 0 Å². The molecule has 0 saturated heterocycles. The second kappa shape index (κ2) is 8.08. The van der Waals surface area contributed by atoms with Gasteiger partial charge in [0.2, 0.25) is 5.91 Å². The lowest BCUT2D eigenvalue weighted by molar-refractivity contribution is -0.114. The number of carbonyl (C=O) groups is 1. The van der Waals surface area contributed by atoms with Crippen molar-refractivity contribution in [1.82, 2.24) is 0 Å². The van der Waals surface area contributed by atoms with Gasteiger partial charge in [0, 0.05) is 31.2 Å². The van der Waals surface area contributed by atoms with Crippen molar-refractivity contribution < 1.29 is 9.53 Å². The van der Waals surface area contributed by atoms with E-state index in [9.17, 15) is 4.79 Å². The number of hydrogen-bond acceptors (Lipinski definition) is 4. The fourth-order valence-electron chi connectivity index (χ4n) is 2.07. The second-order valence-corrected chi connectivity index (χ2v) is 5.30. The molecule has 0 aliphatic rings. The van der Waals surface area contributed by atoms with E-state index in [-0.39, 0.29) is 12.5 Å². The van der Waals surface area contributed by atoms with Gasteiger partial charge < -0.3 is 20.3 Å². The standard InChI is InChI=1S/C18H23N3O2/c1-4-23-17-11-7-14(8-12-17)19-13-18(22)20-15-5-9-16(10-6-15)21(2)3/h5-12,19H,4,13H2,1-3H3,(H,20,22). The van der Waals surface area contributed by atoms with Gasteiger partial charge in [0.15, 0.2) is 0 Å². The minimum absolute atomic E-state index is 0.0866. The number of nitrogens with one attached hydrogen (secondary N) is 2. The molecule has 0 bridgehead atoms. The summed E-state index contributed by atoms with van der Waals surface area (Å²) >= 11 is 0. The Kier molecular flexibility index (Phi) is 5.86. The number of carbonyl (C=O) groups excluding carboxylic acids is 1. The Labute approximate surface area is 137 Å². The zero-order chi connectivity index (χ0) is 16.7. The van der Waals surface area contributed by atoms with Gasteiger partial charge >= 0.3 is 0 Å². The molecule has 2 rings (SSSR count). The van der Waals surface area contributed by atoms with Crippen LogP contribution < -0.4 is 20.3 Å². The van der Waals surface area contributed by atoms with Gasteiger partial charge in [-0.25, -0.2) is 0 Å². The van der Waals surface area contributed by atoms with Crippen LogP contribution in [0.5, 0.6) is 5.75 Å². The number of rotatable bonds is 7. The predicted octanol–water partition coefficient (Wildman–Crippen LogP) is 3.20. The SMILES string of the molecule is CCOc1ccc(NCC(=O)Nc2ccc(N(C)C)cc2)cc1. The van der Waals surface area contributed by atoms with E-state index in [1.807, 2.05) is 74.4 Å². The van der Waals surface area contributed by atoms with Gasteiger partial charge in [0.1, 0.15) is 5.75 Å². The van der Waals surface area contributed by atoms with Gasteiger partial charge in [-0.05, 0) is 55.5 Å². The van der Waals surface area contributed by atoms with Crippen molar-refractivity contribution in [3.05, 3.63) is 48.5 Å². The van der Waals surface area contributed by atoms with Crippen LogP contribution in [0.1, 0.15) is 6.92 Å². The smallest absolute Gasteiger partial charge is 0.243 e. The third-order valence-electron chi connectivity index (χ3n) is 3.29. The van der Waals surface area contributed by atoms with Crippen LogP contribution in [-0.2, 0) is 4.79 Å². The molecule has 0 fully saturated rings. The number of amides is 1. The largest absolute Gasteiger partial charge is 0.494 e. The highest BCUT2D eigenvalue weighted by Gasteiger charge is 2.03. The van der Waals surface area contributed by atoms with E-state index < -0.39 is 0 Å². The van der Waals surface area contributed by atoms with Gasteiger partial charge in [-0.15, -0.1) is 0 Å². The Balaban J connectivity index is 1.82. The number of hydrogen-bond donors (Lipinski definition) is 2. The first kappa shape index (κ1) is 16.7. The van der Waals surface area contributed by atoms with Gasteiger partial charge in [0.05, 0.1) is 13.2 Å². The Morgan fingerprint density at radius 3 is 2.17 bits per heavy atom. The molecule has 5 heteroatoms. The topological polar surface area (TPSA) is 53.6 Å². The Bertz CT molecular complexity index is 622. The molecule has 0 aliphatic carbocycles. The van der Waals surface area contributed by atoms with Gasteiger partial charge in [-0.2, -0.15) is 0 Å². The Hall–Kier alpha value is -2.69. The molecule has 0 aromatic heterocycles. The Morgan fingerprint density at radius 2 is 1.61 bits per heavy atom. The molecule has 0 radical (unpaired) electrons. The summed E-state index contributed by atoms with van der Waals surface area (Å²) in [7, 11) is 3.96. The average molecular weight is 313 g/mol. The monoisotopic (exact) mass is 313 g/mol. The fraction of sp³-hybridized carbons (Fsp3) is 0.278. The molecule has 0 atom stereocenters. The number of ether oxygens (including phenoxy) is 1. The first-order chi connectivity index (χ1) is 11.1. The summed E-state index contributed by atoms with van der Waals surface area (Å²) in [5, 5.41) is 5.95.